The van der Waals surface area contributed by atoms with Crippen LogP contribution in [0.15, 0.2) is 28.4 Å². The highest BCUT2D eigenvalue weighted by atomic mass is 32.1. The van der Waals surface area contributed by atoms with Gasteiger partial charge in [-0.2, -0.15) is 0 Å². The van der Waals surface area contributed by atoms with E-state index in [0.29, 0.717) is 37.3 Å². The molecule has 146 valence electrons. The van der Waals surface area contributed by atoms with Gasteiger partial charge in [0, 0.05) is 25.0 Å². The number of aromatic hydroxyl groups is 1. The number of ether oxygens (including phenoxy) is 1. The van der Waals surface area contributed by atoms with Crippen molar-refractivity contribution >= 4 is 33.9 Å². The molecule has 0 aliphatic carbocycles. The standard InChI is InChI=1S/C18H24FN5O2S/c1-2-3-6-20-18(27)22-21-16-14-11-13(19)4-5-15(14)24(17(16)25)12-23-7-9-26-10-8-23/h4-5,11,25H,2-3,6-10,12H2,1H3,(H,20,27). The summed E-state index contributed by atoms with van der Waals surface area (Å²) in [4.78, 5) is 2.16. The number of morpholine rings is 1. The van der Waals surface area contributed by atoms with Gasteiger partial charge in [-0.15, -0.1) is 10.2 Å². The molecule has 1 aliphatic rings. The predicted octanol–water partition coefficient (Wildman–Crippen LogP) is 3.53. The molecule has 0 saturated carbocycles. The fraction of sp³-hybridized carbons (Fsp3) is 0.500. The van der Waals surface area contributed by atoms with Crippen molar-refractivity contribution in [3.63, 3.8) is 0 Å². The maximum atomic E-state index is 13.8. The Bertz CT molecular complexity index is 833. The van der Waals surface area contributed by atoms with Crippen molar-refractivity contribution in [3.8, 4) is 5.88 Å². The van der Waals surface area contributed by atoms with Crippen molar-refractivity contribution in [2.24, 2.45) is 10.2 Å². The summed E-state index contributed by atoms with van der Waals surface area (Å²) in [7, 11) is 0. The fourth-order valence-electron chi connectivity index (χ4n) is 2.98. The number of halogens is 1. The van der Waals surface area contributed by atoms with E-state index in [9.17, 15) is 9.50 Å². The van der Waals surface area contributed by atoms with Crippen LogP contribution in [0.25, 0.3) is 10.9 Å². The fourth-order valence-corrected chi connectivity index (χ4v) is 3.13. The van der Waals surface area contributed by atoms with Crippen LogP contribution in [-0.2, 0) is 11.4 Å². The first-order chi connectivity index (χ1) is 13.1. The zero-order valence-electron chi connectivity index (χ0n) is 15.3. The smallest absolute Gasteiger partial charge is 0.221 e. The summed E-state index contributed by atoms with van der Waals surface area (Å²) in [5.74, 6) is -0.451. The molecule has 9 heteroatoms. The van der Waals surface area contributed by atoms with Crippen molar-refractivity contribution in [3.05, 3.63) is 24.0 Å². The molecule has 0 spiro atoms. The van der Waals surface area contributed by atoms with Gasteiger partial charge in [-0.05, 0) is 36.8 Å². The molecule has 1 fully saturated rings. The third-order valence-electron chi connectivity index (χ3n) is 4.46. The van der Waals surface area contributed by atoms with E-state index in [1.54, 1.807) is 10.6 Å². The second-order valence-electron chi connectivity index (χ2n) is 6.42. The molecule has 1 aromatic carbocycles. The van der Waals surface area contributed by atoms with Gasteiger partial charge in [-0.1, -0.05) is 13.3 Å². The van der Waals surface area contributed by atoms with Crippen LogP contribution in [0.3, 0.4) is 0 Å². The number of thiocarbonyl (C=S) groups is 1. The number of benzene rings is 1. The number of unbranched alkanes of at least 4 members (excludes halogenated alkanes) is 1. The third-order valence-corrected chi connectivity index (χ3v) is 4.69. The van der Waals surface area contributed by atoms with Crippen LogP contribution in [0.1, 0.15) is 19.8 Å². The molecule has 2 aromatic rings. The molecule has 1 aromatic heterocycles. The van der Waals surface area contributed by atoms with Gasteiger partial charge < -0.3 is 15.2 Å². The summed E-state index contributed by atoms with van der Waals surface area (Å²) in [6, 6.07) is 4.36. The maximum Gasteiger partial charge on any atom is 0.221 e. The predicted molar refractivity (Wildman–Crippen MR) is 106 cm³/mol. The molecule has 2 heterocycles. The normalized spacial score (nSPS) is 15.6. The van der Waals surface area contributed by atoms with Crippen molar-refractivity contribution in [1.82, 2.24) is 14.8 Å². The quantitative estimate of drug-likeness (QED) is 0.446. The monoisotopic (exact) mass is 393 g/mol. The summed E-state index contributed by atoms with van der Waals surface area (Å²) >= 11 is 5.14. The Morgan fingerprint density at radius 2 is 2.15 bits per heavy atom. The highest BCUT2D eigenvalue weighted by molar-refractivity contribution is 7.80. The molecule has 0 unspecified atom stereocenters. The lowest BCUT2D eigenvalue weighted by atomic mass is 10.2. The number of nitrogens with one attached hydrogen (secondary N) is 1. The first kappa shape index (κ1) is 19.7. The second-order valence-corrected chi connectivity index (χ2v) is 6.81. The van der Waals surface area contributed by atoms with Crippen molar-refractivity contribution in [1.29, 1.82) is 0 Å². The molecule has 0 radical (unpaired) electrons. The minimum Gasteiger partial charge on any atom is -0.493 e. The Hall–Kier alpha value is -2.10. The van der Waals surface area contributed by atoms with Gasteiger partial charge in [-0.3, -0.25) is 9.47 Å². The van der Waals surface area contributed by atoms with Crippen LogP contribution >= 0.6 is 12.2 Å². The molecule has 7 nitrogen and oxygen atoms in total. The number of rotatable bonds is 6. The van der Waals surface area contributed by atoms with Crippen LogP contribution in [-0.4, -0.2) is 52.5 Å². The van der Waals surface area contributed by atoms with E-state index in [-0.39, 0.29) is 16.7 Å². The molecule has 0 bridgehead atoms. The summed E-state index contributed by atoms with van der Waals surface area (Å²) < 4.78 is 20.9. The van der Waals surface area contributed by atoms with Gasteiger partial charge >= 0.3 is 0 Å². The minimum absolute atomic E-state index is 0.0535. The average molecular weight is 393 g/mol. The lowest BCUT2D eigenvalue weighted by Crippen LogP contribution is -2.37. The number of hydrogen-bond acceptors (Lipinski definition) is 5. The van der Waals surface area contributed by atoms with Crippen LogP contribution < -0.4 is 5.32 Å². The first-order valence-corrected chi connectivity index (χ1v) is 9.51. The molecular weight excluding hydrogens is 369 g/mol. The number of azo groups is 1. The lowest BCUT2D eigenvalue weighted by molar-refractivity contribution is 0.0231. The van der Waals surface area contributed by atoms with Gasteiger partial charge in [0.1, 0.15) is 5.82 Å². The Morgan fingerprint density at radius 1 is 1.37 bits per heavy atom. The summed E-state index contributed by atoms with van der Waals surface area (Å²) in [6.45, 7) is 6.10. The van der Waals surface area contributed by atoms with Crippen LogP contribution in [0.5, 0.6) is 5.88 Å². The van der Waals surface area contributed by atoms with Crippen molar-refractivity contribution in [2.45, 2.75) is 26.4 Å². The Morgan fingerprint density at radius 3 is 2.89 bits per heavy atom. The van der Waals surface area contributed by atoms with Crippen LogP contribution in [0, 0.1) is 5.82 Å². The molecule has 2 N–H and O–H groups in total. The number of hydrogen-bond donors (Lipinski definition) is 2. The summed E-state index contributed by atoms with van der Waals surface area (Å²) in [5.41, 5.74) is 0.914. The number of aromatic nitrogens is 1. The maximum absolute atomic E-state index is 13.8. The van der Waals surface area contributed by atoms with Gasteiger partial charge in [0.15, 0.2) is 5.69 Å². The van der Waals surface area contributed by atoms with Gasteiger partial charge in [0.25, 0.3) is 0 Å². The minimum atomic E-state index is -0.397. The van der Waals surface area contributed by atoms with Crippen LogP contribution in [0.2, 0.25) is 0 Å². The van der Waals surface area contributed by atoms with E-state index in [0.717, 1.165) is 25.9 Å². The molecule has 1 aliphatic heterocycles. The highest BCUT2D eigenvalue weighted by Gasteiger charge is 2.20. The topological polar surface area (TPSA) is 74.4 Å². The molecular formula is C18H24FN5O2S. The second kappa shape index (κ2) is 9.20. The van der Waals surface area contributed by atoms with E-state index in [4.69, 9.17) is 17.0 Å². The summed E-state index contributed by atoms with van der Waals surface area (Å²) in [5, 5.41) is 22.6. The lowest BCUT2D eigenvalue weighted by Gasteiger charge is -2.27. The molecule has 3 rings (SSSR count). The molecule has 1 saturated heterocycles. The largest absolute Gasteiger partial charge is 0.493 e. The zero-order chi connectivity index (χ0) is 19.2. The van der Waals surface area contributed by atoms with Crippen molar-refractivity contribution in [2.75, 3.05) is 32.8 Å². The highest BCUT2D eigenvalue weighted by Crippen LogP contribution is 2.39. The number of fused-ring (bicyclic) bond motifs is 1. The SMILES string of the molecule is CCCCNC(=S)N=Nc1c(O)n(CN2CCOCC2)c2ccc(F)cc12. The molecule has 27 heavy (non-hydrogen) atoms. The molecule has 0 atom stereocenters. The van der Waals surface area contributed by atoms with E-state index in [1.807, 2.05) is 0 Å². The van der Waals surface area contributed by atoms with E-state index >= 15 is 0 Å². The summed E-state index contributed by atoms with van der Waals surface area (Å²) in [6.07, 6.45) is 2.02. The first-order valence-electron chi connectivity index (χ1n) is 9.10. The Labute approximate surface area is 162 Å². The van der Waals surface area contributed by atoms with Gasteiger partial charge in [-0.25, -0.2) is 4.39 Å². The Kier molecular flexibility index (Phi) is 6.70. The van der Waals surface area contributed by atoms with E-state index in [1.165, 1.54) is 12.1 Å². The van der Waals surface area contributed by atoms with E-state index < -0.39 is 5.82 Å². The Balaban J connectivity index is 1.88. The zero-order valence-corrected chi connectivity index (χ0v) is 16.1. The van der Waals surface area contributed by atoms with Gasteiger partial charge in [0.2, 0.25) is 11.0 Å². The van der Waals surface area contributed by atoms with E-state index in [2.05, 4.69) is 27.4 Å². The third kappa shape index (κ3) is 4.79. The number of nitrogens with zero attached hydrogens (tertiary/aromatic N) is 4. The van der Waals surface area contributed by atoms with Crippen molar-refractivity contribution < 1.29 is 14.2 Å². The molecule has 0 amide bonds. The van der Waals surface area contributed by atoms with Gasteiger partial charge in [0.05, 0.1) is 25.4 Å². The average Bonchev–Trinajstić information content (AvgIpc) is 2.92. The van der Waals surface area contributed by atoms with Crippen LogP contribution in [0.4, 0.5) is 10.1 Å².